The third-order valence-electron chi connectivity index (χ3n) is 3.86. The molecule has 0 aliphatic heterocycles. The van der Waals surface area contributed by atoms with Crippen molar-refractivity contribution < 1.29 is 27.5 Å². The predicted octanol–water partition coefficient (Wildman–Crippen LogP) is 3.01. The van der Waals surface area contributed by atoms with Crippen LogP contribution in [0.2, 0.25) is 0 Å². The molecule has 1 N–H and O–H groups in total. The number of methoxy groups -OCH3 is 2. The zero-order valence-corrected chi connectivity index (χ0v) is 16.1. The number of hydrogen-bond acceptors (Lipinski definition) is 6. The highest BCUT2D eigenvalue weighted by Crippen LogP contribution is 2.23. The van der Waals surface area contributed by atoms with Gasteiger partial charge in [0, 0.05) is 0 Å². The minimum atomic E-state index is -3.97. The average molecular weight is 391 g/mol. The van der Waals surface area contributed by atoms with Gasteiger partial charge in [0.2, 0.25) is 0 Å². The van der Waals surface area contributed by atoms with E-state index in [1.54, 1.807) is 12.1 Å². The van der Waals surface area contributed by atoms with Gasteiger partial charge in [0.15, 0.2) is 0 Å². The maximum atomic E-state index is 12.7. The summed E-state index contributed by atoms with van der Waals surface area (Å²) in [5.74, 6) is -1.39. The first-order chi connectivity index (χ1) is 12.8. The van der Waals surface area contributed by atoms with Crippen LogP contribution in [0.15, 0.2) is 47.4 Å². The van der Waals surface area contributed by atoms with Crippen LogP contribution in [0.5, 0.6) is 0 Å². The molecule has 0 aromatic heterocycles. The third-order valence-corrected chi connectivity index (χ3v) is 5.24. The highest BCUT2D eigenvalue weighted by Gasteiger charge is 2.21. The van der Waals surface area contributed by atoms with Crippen LogP contribution in [0.4, 0.5) is 5.69 Å². The summed E-state index contributed by atoms with van der Waals surface area (Å²) in [4.78, 5) is 23.7. The van der Waals surface area contributed by atoms with Crippen molar-refractivity contribution in [2.75, 3.05) is 18.9 Å². The van der Waals surface area contributed by atoms with E-state index in [0.29, 0.717) is 0 Å². The predicted molar refractivity (Wildman–Crippen MR) is 100 cm³/mol. The van der Waals surface area contributed by atoms with Crippen LogP contribution >= 0.6 is 0 Å². The summed E-state index contributed by atoms with van der Waals surface area (Å²) in [5.41, 5.74) is 1.04. The summed E-state index contributed by atoms with van der Waals surface area (Å²) in [6.45, 7) is 2.04. The Morgan fingerprint density at radius 3 is 2.15 bits per heavy atom. The second-order valence-electron chi connectivity index (χ2n) is 5.74. The molecule has 27 heavy (non-hydrogen) atoms. The molecule has 0 aliphatic rings. The molecule has 0 bridgehead atoms. The van der Waals surface area contributed by atoms with Gasteiger partial charge < -0.3 is 9.47 Å². The van der Waals surface area contributed by atoms with Crippen molar-refractivity contribution >= 4 is 27.6 Å². The number of benzene rings is 2. The molecular formula is C19H21NO6S. The summed E-state index contributed by atoms with van der Waals surface area (Å²) in [5, 5.41) is 0. The second-order valence-corrected chi connectivity index (χ2v) is 7.43. The maximum Gasteiger partial charge on any atom is 0.339 e. The molecule has 0 saturated heterocycles. The largest absolute Gasteiger partial charge is 0.465 e. The van der Waals surface area contributed by atoms with E-state index in [1.807, 2.05) is 6.92 Å². The van der Waals surface area contributed by atoms with Gasteiger partial charge in [0.25, 0.3) is 10.0 Å². The number of esters is 2. The number of ether oxygens (including phenoxy) is 2. The zero-order valence-electron chi connectivity index (χ0n) is 15.3. The summed E-state index contributed by atoms with van der Waals surface area (Å²) >= 11 is 0. The van der Waals surface area contributed by atoms with Gasteiger partial charge in [-0.3, -0.25) is 4.72 Å². The Kier molecular flexibility index (Phi) is 6.57. The molecule has 0 saturated carbocycles. The minimum absolute atomic E-state index is 0.0173. The quantitative estimate of drug-likeness (QED) is 0.729. The van der Waals surface area contributed by atoms with Gasteiger partial charge in [-0.15, -0.1) is 0 Å². The van der Waals surface area contributed by atoms with Crippen molar-refractivity contribution in [3.63, 3.8) is 0 Å². The molecule has 0 radical (unpaired) electrons. The van der Waals surface area contributed by atoms with Gasteiger partial charge in [0.1, 0.15) is 0 Å². The first-order valence-electron chi connectivity index (χ1n) is 8.24. The van der Waals surface area contributed by atoms with E-state index >= 15 is 0 Å². The lowest BCUT2D eigenvalue weighted by atomic mass is 10.1. The summed E-state index contributed by atoms with van der Waals surface area (Å²) in [7, 11) is -1.58. The van der Waals surface area contributed by atoms with Gasteiger partial charge in [-0.25, -0.2) is 18.0 Å². The normalized spacial score (nSPS) is 10.9. The Morgan fingerprint density at radius 2 is 1.59 bits per heavy atom. The van der Waals surface area contributed by atoms with Gasteiger partial charge in [0.05, 0.1) is 35.9 Å². The van der Waals surface area contributed by atoms with Crippen molar-refractivity contribution in [2.45, 2.75) is 24.7 Å². The van der Waals surface area contributed by atoms with E-state index in [4.69, 9.17) is 0 Å². The highest BCUT2D eigenvalue weighted by atomic mass is 32.2. The maximum absolute atomic E-state index is 12.7. The van der Waals surface area contributed by atoms with Crippen LogP contribution in [0.25, 0.3) is 0 Å². The van der Waals surface area contributed by atoms with Crippen LogP contribution in [0.1, 0.15) is 39.6 Å². The van der Waals surface area contributed by atoms with Crippen LogP contribution in [-0.2, 0) is 25.9 Å². The molecule has 0 unspecified atom stereocenters. The van der Waals surface area contributed by atoms with E-state index in [-0.39, 0.29) is 21.7 Å². The van der Waals surface area contributed by atoms with Crippen molar-refractivity contribution in [3.8, 4) is 0 Å². The first-order valence-corrected chi connectivity index (χ1v) is 9.73. The molecule has 0 fully saturated rings. The molecule has 0 heterocycles. The SMILES string of the molecule is CCCc1ccc(S(=O)(=O)Nc2cc(C(=O)OC)ccc2C(=O)OC)cc1. The fourth-order valence-corrected chi connectivity index (χ4v) is 3.56. The van der Waals surface area contributed by atoms with Crippen molar-refractivity contribution in [1.82, 2.24) is 0 Å². The Balaban J connectivity index is 2.43. The third kappa shape index (κ3) is 4.85. The summed E-state index contributed by atoms with van der Waals surface area (Å²) < 4.78 is 37.1. The topological polar surface area (TPSA) is 98.8 Å². The smallest absolute Gasteiger partial charge is 0.339 e. The van der Waals surface area contributed by atoms with E-state index in [0.717, 1.165) is 18.4 Å². The highest BCUT2D eigenvalue weighted by molar-refractivity contribution is 7.92. The summed E-state index contributed by atoms with van der Waals surface area (Å²) in [6, 6.07) is 10.4. The number of anilines is 1. The van der Waals surface area contributed by atoms with Crippen LogP contribution in [0.3, 0.4) is 0 Å². The lowest BCUT2D eigenvalue weighted by molar-refractivity contribution is 0.0587. The van der Waals surface area contributed by atoms with Crippen molar-refractivity contribution in [3.05, 3.63) is 59.2 Å². The number of nitrogens with one attached hydrogen (secondary N) is 1. The molecular weight excluding hydrogens is 370 g/mol. The molecule has 2 aromatic rings. The lowest BCUT2D eigenvalue weighted by Crippen LogP contribution is -2.17. The lowest BCUT2D eigenvalue weighted by Gasteiger charge is -2.13. The number of carbonyl (C=O) groups excluding carboxylic acids is 2. The van der Waals surface area contributed by atoms with E-state index in [1.165, 1.54) is 44.6 Å². The molecule has 0 aliphatic carbocycles. The average Bonchev–Trinajstić information content (AvgIpc) is 2.67. The monoisotopic (exact) mass is 391 g/mol. The molecule has 2 rings (SSSR count). The van der Waals surface area contributed by atoms with Gasteiger partial charge in [-0.05, 0) is 42.3 Å². The van der Waals surface area contributed by atoms with E-state index < -0.39 is 22.0 Å². The van der Waals surface area contributed by atoms with Crippen LogP contribution in [-0.4, -0.2) is 34.6 Å². The molecule has 7 nitrogen and oxygen atoms in total. The number of aryl methyl sites for hydroxylation is 1. The number of sulfonamides is 1. The Bertz CT molecular complexity index is 935. The van der Waals surface area contributed by atoms with E-state index in [2.05, 4.69) is 14.2 Å². The molecule has 0 atom stereocenters. The Morgan fingerprint density at radius 1 is 0.963 bits per heavy atom. The van der Waals surface area contributed by atoms with Crippen LogP contribution < -0.4 is 4.72 Å². The Hall–Kier alpha value is -2.87. The van der Waals surface area contributed by atoms with Gasteiger partial charge in [-0.1, -0.05) is 25.5 Å². The minimum Gasteiger partial charge on any atom is -0.465 e. The fourth-order valence-electron chi connectivity index (χ4n) is 2.49. The number of hydrogen-bond donors (Lipinski definition) is 1. The fraction of sp³-hybridized carbons (Fsp3) is 0.263. The second kappa shape index (κ2) is 8.68. The molecule has 144 valence electrons. The van der Waals surface area contributed by atoms with Crippen molar-refractivity contribution in [1.29, 1.82) is 0 Å². The molecule has 8 heteroatoms. The molecule has 2 aromatic carbocycles. The Labute approximate surface area is 158 Å². The number of rotatable bonds is 7. The number of carbonyl (C=O) groups is 2. The first kappa shape index (κ1) is 20.4. The summed E-state index contributed by atoms with van der Waals surface area (Å²) in [6.07, 6.45) is 1.80. The van der Waals surface area contributed by atoms with Gasteiger partial charge >= 0.3 is 11.9 Å². The molecule has 0 amide bonds. The zero-order chi connectivity index (χ0) is 20.0. The van der Waals surface area contributed by atoms with Gasteiger partial charge in [-0.2, -0.15) is 0 Å². The molecule has 0 spiro atoms. The standard InChI is InChI=1S/C19H21NO6S/c1-4-5-13-6-9-15(10-7-13)27(23,24)20-17-12-14(18(21)25-2)8-11-16(17)19(22)26-3/h6-12,20H,4-5H2,1-3H3. The van der Waals surface area contributed by atoms with E-state index in [9.17, 15) is 18.0 Å². The van der Waals surface area contributed by atoms with Crippen LogP contribution in [0, 0.1) is 0 Å². The van der Waals surface area contributed by atoms with Crippen molar-refractivity contribution in [2.24, 2.45) is 0 Å².